The fraction of sp³-hybridized carbons (Fsp3) is 0.100. The van der Waals surface area contributed by atoms with E-state index >= 15 is 0 Å². The third kappa shape index (κ3) is 2.96. The van der Waals surface area contributed by atoms with E-state index in [0.717, 1.165) is 24.3 Å². The second kappa shape index (κ2) is 6.20. The largest absolute Gasteiger partial charge is 0.458 e. The van der Waals surface area contributed by atoms with Crippen LogP contribution in [0.15, 0.2) is 53.0 Å². The number of ether oxygens (including phenoxy) is 2. The lowest BCUT2D eigenvalue weighted by Gasteiger charge is -2.33. The first-order valence-electron chi connectivity index (χ1n) is 8.64. The lowest BCUT2D eigenvalue weighted by atomic mass is 9.35. The lowest BCUT2D eigenvalue weighted by molar-refractivity contribution is -0.138. The standard InChI is InChI=1S/C20H8BBrF6O2/c22-11-7-16-18-17(8-11)30-15-6-10(20(26,27)28)2-4-13(15)21(18)12-3-1-9(19(23,24)25)5-14(12)29-16/h1-8H. The maximum Gasteiger partial charge on any atom is 0.416 e. The number of alkyl halides is 6. The van der Waals surface area contributed by atoms with Crippen molar-refractivity contribution in [2.75, 3.05) is 0 Å². The summed E-state index contributed by atoms with van der Waals surface area (Å²) in [5.74, 6) is 0.557. The van der Waals surface area contributed by atoms with E-state index in [2.05, 4.69) is 15.9 Å². The van der Waals surface area contributed by atoms with Crippen molar-refractivity contribution in [1.29, 1.82) is 0 Å². The second-order valence-electron chi connectivity index (χ2n) is 6.95. The highest BCUT2D eigenvalue weighted by atomic mass is 79.9. The van der Waals surface area contributed by atoms with Gasteiger partial charge < -0.3 is 9.47 Å². The van der Waals surface area contributed by atoms with E-state index in [0.29, 0.717) is 20.9 Å². The van der Waals surface area contributed by atoms with Crippen LogP contribution >= 0.6 is 15.9 Å². The van der Waals surface area contributed by atoms with E-state index < -0.39 is 30.2 Å². The summed E-state index contributed by atoms with van der Waals surface area (Å²) >= 11 is 3.28. The molecule has 5 rings (SSSR count). The Hall–Kier alpha value is -2.62. The van der Waals surface area contributed by atoms with Crippen LogP contribution in [0.2, 0.25) is 0 Å². The van der Waals surface area contributed by atoms with Crippen molar-refractivity contribution in [3.8, 4) is 23.0 Å². The van der Waals surface area contributed by atoms with Crippen molar-refractivity contribution in [3.63, 3.8) is 0 Å². The Kier molecular flexibility index (Phi) is 4.00. The van der Waals surface area contributed by atoms with Gasteiger partial charge in [0.1, 0.15) is 23.0 Å². The zero-order valence-electron chi connectivity index (χ0n) is 14.7. The van der Waals surface area contributed by atoms with Gasteiger partial charge in [0.05, 0.1) is 11.1 Å². The number of halogens is 7. The smallest absolute Gasteiger partial charge is 0.416 e. The molecule has 2 nitrogen and oxygen atoms in total. The van der Waals surface area contributed by atoms with Crippen LogP contribution in [0.1, 0.15) is 11.1 Å². The predicted octanol–water partition coefficient (Wildman–Crippen LogP) is 5.21. The molecule has 0 radical (unpaired) electrons. The van der Waals surface area contributed by atoms with Gasteiger partial charge in [-0.25, -0.2) is 0 Å². The molecule has 0 aliphatic carbocycles. The Labute approximate surface area is 174 Å². The fourth-order valence-corrected chi connectivity index (χ4v) is 4.23. The number of hydrogen-bond acceptors (Lipinski definition) is 2. The van der Waals surface area contributed by atoms with Crippen molar-refractivity contribution in [3.05, 3.63) is 64.1 Å². The molecule has 0 unspecified atom stereocenters. The molecular weight excluding hydrogens is 477 g/mol. The molecule has 0 atom stereocenters. The molecule has 0 amide bonds. The molecule has 30 heavy (non-hydrogen) atoms. The van der Waals surface area contributed by atoms with Crippen LogP contribution in [0.5, 0.6) is 23.0 Å². The van der Waals surface area contributed by atoms with Crippen LogP contribution in [-0.2, 0) is 12.4 Å². The molecule has 0 aromatic heterocycles. The first kappa shape index (κ1) is 19.4. The molecule has 0 saturated heterocycles. The highest BCUT2D eigenvalue weighted by Gasteiger charge is 2.43. The Morgan fingerprint density at radius 3 is 1.47 bits per heavy atom. The molecule has 2 heterocycles. The molecule has 2 aliphatic rings. The van der Waals surface area contributed by atoms with Crippen molar-refractivity contribution in [2.45, 2.75) is 12.4 Å². The molecule has 0 fully saturated rings. The van der Waals surface area contributed by atoms with Gasteiger partial charge in [-0.2, -0.15) is 26.3 Å². The van der Waals surface area contributed by atoms with Gasteiger partial charge in [-0.15, -0.1) is 0 Å². The molecule has 0 spiro atoms. The van der Waals surface area contributed by atoms with Gasteiger partial charge in [-0.3, -0.25) is 0 Å². The number of fused-ring (bicyclic) bond motifs is 4. The van der Waals surface area contributed by atoms with Crippen LogP contribution in [0.25, 0.3) is 0 Å². The van der Waals surface area contributed by atoms with Crippen LogP contribution in [0.3, 0.4) is 0 Å². The Bertz CT molecular complexity index is 1120. The maximum absolute atomic E-state index is 13.2. The Morgan fingerprint density at radius 1 is 0.633 bits per heavy atom. The minimum absolute atomic E-state index is 0.000812. The monoisotopic (exact) mass is 484 g/mol. The molecule has 0 bridgehead atoms. The topological polar surface area (TPSA) is 18.5 Å². The SMILES string of the molecule is FC(F)(F)c1ccc2c(c1)Oc1cc(Br)cc3c1B2c1ccc(C(F)(F)F)cc1O3. The summed E-state index contributed by atoms with van der Waals surface area (Å²) in [4.78, 5) is 0. The van der Waals surface area contributed by atoms with Gasteiger partial charge in [0.25, 0.3) is 6.71 Å². The molecule has 152 valence electrons. The lowest BCUT2D eigenvalue weighted by Crippen LogP contribution is -2.57. The van der Waals surface area contributed by atoms with Crippen molar-refractivity contribution < 1.29 is 35.8 Å². The minimum Gasteiger partial charge on any atom is -0.458 e. The van der Waals surface area contributed by atoms with E-state index in [1.165, 1.54) is 12.1 Å². The van der Waals surface area contributed by atoms with E-state index in [9.17, 15) is 26.3 Å². The Balaban J connectivity index is 1.75. The molecule has 0 N–H and O–H groups in total. The summed E-state index contributed by atoms with van der Waals surface area (Å²) in [5.41, 5.74) is -0.358. The van der Waals surface area contributed by atoms with Gasteiger partial charge in [-0.1, -0.05) is 40.2 Å². The number of hydrogen-bond donors (Lipinski definition) is 0. The summed E-state index contributed by atoms with van der Waals surface area (Å²) < 4.78 is 91.1. The second-order valence-corrected chi connectivity index (χ2v) is 7.87. The minimum atomic E-state index is -4.56. The molecule has 0 saturated carbocycles. The third-order valence-corrected chi connectivity index (χ3v) is 5.56. The van der Waals surface area contributed by atoms with Crippen LogP contribution in [0, 0.1) is 0 Å². The summed E-state index contributed by atoms with van der Waals surface area (Å²) in [7, 11) is 0. The van der Waals surface area contributed by atoms with Crippen LogP contribution < -0.4 is 25.9 Å². The number of benzene rings is 3. The highest BCUT2D eigenvalue weighted by molar-refractivity contribution is 9.10. The Morgan fingerprint density at radius 2 is 1.07 bits per heavy atom. The van der Waals surface area contributed by atoms with E-state index in [1.807, 2.05) is 0 Å². The average molecular weight is 485 g/mol. The van der Waals surface area contributed by atoms with Crippen LogP contribution in [0.4, 0.5) is 26.3 Å². The van der Waals surface area contributed by atoms with Gasteiger partial charge in [-0.05, 0) is 35.2 Å². The van der Waals surface area contributed by atoms with Gasteiger partial charge in [0, 0.05) is 9.94 Å². The quantitative estimate of drug-likeness (QED) is 0.222. The van der Waals surface area contributed by atoms with E-state index in [4.69, 9.17) is 9.47 Å². The van der Waals surface area contributed by atoms with Crippen molar-refractivity contribution >= 4 is 39.0 Å². The number of rotatable bonds is 0. The molecule has 10 heteroatoms. The van der Waals surface area contributed by atoms with Gasteiger partial charge in [0.15, 0.2) is 0 Å². The van der Waals surface area contributed by atoms with Crippen molar-refractivity contribution in [1.82, 2.24) is 0 Å². The van der Waals surface area contributed by atoms with E-state index in [-0.39, 0.29) is 23.0 Å². The van der Waals surface area contributed by atoms with Gasteiger partial charge >= 0.3 is 12.4 Å². The molecule has 2 aliphatic heterocycles. The summed E-state index contributed by atoms with van der Waals surface area (Å²) in [6.45, 7) is -0.625. The first-order chi connectivity index (χ1) is 14.0. The summed E-state index contributed by atoms with van der Waals surface area (Å²) in [5, 5.41) is 0. The molecule has 3 aromatic carbocycles. The van der Waals surface area contributed by atoms with E-state index in [1.54, 1.807) is 12.1 Å². The van der Waals surface area contributed by atoms with Crippen molar-refractivity contribution in [2.24, 2.45) is 0 Å². The fourth-order valence-electron chi connectivity index (χ4n) is 3.81. The first-order valence-corrected chi connectivity index (χ1v) is 9.43. The summed E-state index contributed by atoms with van der Waals surface area (Å²) in [6, 6.07) is 9.45. The third-order valence-electron chi connectivity index (χ3n) is 5.10. The predicted molar refractivity (Wildman–Crippen MR) is 102 cm³/mol. The molecule has 3 aromatic rings. The highest BCUT2D eigenvalue weighted by Crippen LogP contribution is 2.40. The average Bonchev–Trinajstić information content (AvgIpc) is 2.64. The zero-order valence-corrected chi connectivity index (χ0v) is 16.2. The summed E-state index contributed by atoms with van der Waals surface area (Å²) in [6.07, 6.45) is -9.12. The maximum atomic E-state index is 13.2. The normalized spacial score (nSPS) is 14.3. The van der Waals surface area contributed by atoms with Gasteiger partial charge in [0.2, 0.25) is 0 Å². The zero-order chi connectivity index (χ0) is 21.4. The van der Waals surface area contributed by atoms with Crippen LogP contribution in [-0.4, -0.2) is 6.71 Å². The molecular formula is C20H8BBrF6O2.